The second-order valence-corrected chi connectivity index (χ2v) is 8.65. The van der Waals surface area contributed by atoms with Crippen LogP contribution in [0.2, 0.25) is 0 Å². The number of hydrogen-bond acceptors (Lipinski definition) is 1. The molecule has 138 valence electrons. The van der Waals surface area contributed by atoms with Gasteiger partial charge in [0.05, 0.1) is 0 Å². The van der Waals surface area contributed by atoms with E-state index in [0.29, 0.717) is 6.42 Å². The van der Waals surface area contributed by atoms with Gasteiger partial charge in [0.15, 0.2) is 0 Å². The van der Waals surface area contributed by atoms with Gasteiger partial charge >= 0.3 is 166 Å². The summed E-state index contributed by atoms with van der Waals surface area (Å²) in [6, 6.07) is 13.5. The van der Waals surface area contributed by atoms with Crippen molar-refractivity contribution in [1.82, 2.24) is 0 Å². The van der Waals surface area contributed by atoms with E-state index in [4.69, 9.17) is 5.11 Å². The number of hydrogen-bond donors (Lipinski definition) is 1. The van der Waals surface area contributed by atoms with E-state index in [9.17, 15) is 4.79 Å². The molecule has 0 saturated carbocycles. The molecule has 0 atom stereocenters. The van der Waals surface area contributed by atoms with Crippen LogP contribution in [0.3, 0.4) is 0 Å². The monoisotopic (exact) mass is 380 g/mol. The average Bonchev–Trinajstić information content (AvgIpc) is 2.63. The summed E-state index contributed by atoms with van der Waals surface area (Å²) in [7, 11) is 0. The van der Waals surface area contributed by atoms with Gasteiger partial charge in [-0.1, -0.05) is 6.92 Å². The Morgan fingerprint density at radius 3 is 2.15 bits per heavy atom. The van der Waals surface area contributed by atoms with E-state index in [0.717, 1.165) is 55.4 Å². The molecule has 0 aliphatic carbocycles. The zero-order valence-electron chi connectivity index (χ0n) is 16.9. The second-order valence-electron chi connectivity index (χ2n) is 7.09. The van der Waals surface area contributed by atoms with Crippen molar-refractivity contribution in [2.24, 2.45) is 0 Å². The molecule has 2 aromatic carbocycles. The van der Waals surface area contributed by atoms with Crippen LogP contribution in [0.25, 0.3) is 10.8 Å². The number of aliphatic carboxylic acids is 1. The molecule has 0 spiro atoms. The van der Waals surface area contributed by atoms with Gasteiger partial charge < -0.3 is 5.11 Å². The number of fused-ring (bicyclic) bond motifs is 1. The summed E-state index contributed by atoms with van der Waals surface area (Å²) in [5.41, 5.74) is 1.62. The Hall–Kier alpha value is -0.194. The van der Waals surface area contributed by atoms with Gasteiger partial charge in [-0.15, -0.1) is 0 Å². The standard InChI is InChI=1S/C19H25.C4H8O2.K/c1-2-3-4-5-6-7-8-11-17-14-15-18-12-9-10-13-19(18)16-17;1-2-3-4(5)6;/h9-10,12-15H,2-8,11H2,1H3;2-3H2,1H3,(H,5,6);. The molecule has 0 fully saturated rings. The zero-order valence-corrected chi connectivity index (χ0v) is 20.0. The van der Waals surface area contributed by atoms with Crippen molar-refractivity contribution in [3.8, 4) is 0 Å². The Balaban J connectivity index is 0.000000487. The van der Waals surface area contributed by atoms with E-state index in [1.54, 1.807) is 5.22 Å². The quantitative estimate of drug-likeness (QED) is 0.418. The van der Waals surface area contributed by atoms with Crippen LogP contribution in [0.4, 0.5) is 0 Å². The summed E-state index contributed by atoms with van der Waals surface area (Å²) in [6.07, 6.45) is 12.1. The minimum absolute atomic E-state index is 0.292. The molecule has 0 aliphatic rings. The van der Waals surface area contributed by atoms with Crippen LogP contribution in [-0.4, -0.2) is 60.0 Å². The van der Waals surface area contributed by atoms with Crippen LogP contribution in [0, 0.1) is 0 Å². The maximum absolute atomic E-state index is 9.60. The Labute approximate surface area is 193 Å². The predicted octanol–water partition coefficient (Wildman–Crippen LogP) is 5.80. The van der Waals surface area contributed by atoms with Crippen LogP contribution in [0.15, 0.2) is 36.4 Å². The summed E-state index contributed by atoms with van der Waals surface area (Å²) < 4.78 is 1.67. The first-order valence-electron chi connectivity index (χ1n) is 10.3. The van der Waals surface area contributed by atoms with Crippen LogP contribution in [-0.2, 0) is 11.2 Å². The molecular weight excluding hydrogens is 347 g/mol. The van der Waals surface area contributed by atoms with E-state index in [1.165, 1.54) is 62.1 Å². The van der Waals surface area contributed by atoms with Crippen molar-refractivity contribution in [2.45, 2.75) is 78.1 Å². The van der Waals surface area contributed by atoms with Crippen molar-refractivity contribution in [3.63, 3.8) is 0 Å². The minimum atomic E-state index is -0.711. The molecular formula is C23H33KO2. The average molecular weight is 381 g/mol. The van der Waals surface area contributed by atoms with Gasteiger partial charge in [0.2, 0.25) is 0 Å². The van der Waals surface area contributed by atoms with Gasteiger partial charge in [-0.2, -0.15) is 0 Å². The van der Waals surface area contributed by atoms with Crippen LogP contribution in [0.5, 0.6) is 0 Å². The number of carboxylic acids is 1. The third-order valence-electron chi connectivity index (χ3n) is 4.82. The number of rotatable bonds is 10. The molecule has 26 heavy (non-hydrogen) atoms. The first-order chi connectivity index (χ1) is 12.6. The van der Waals surface area contributed by atoms with Crippen LogP contribution in [0.1, 0.15) is 77.2 Å². The van der Waals surface area contributed by atoms with Gasteiger partial charge in [0.25, 0.3) is 0 Å². The number of benzene rings is 2. The Morgan fingerprint density at radius 1 is 0.885 bits per heavy atom. The molecule has 0 aliphatic heterocycles. The summed E-state index contributed by atoms with van der Waals surface area (Å²) in [4.78, 5) is 9.60. The van der Waals surface area contributed by atoms with Gasteiger partial charge in [0.1, 0.15) is 0 Å². The third kappa shape index (κ3) is 9.66. The molecule has 0 unspecified atom stereocenters. The van der Waals surface area contributed by atoms with E-state index in [1.807, 2.05) is 6.92 Å². The first kappa shape index (κ1) is 23.8. The summed E-state index contributed by atoms with van der Waals surface area (Å²) in [6.45, 7) is 4.13. The fraction of sp³-hybridized carbons (Fsp3) is 0.522. The number of carboxylic acid groups (broad SMARTS) is 1. The molecule has 0 aromatic heterocycles. The van der Waals surface area contributed by atoms with Crippen molar-refractivity contribution in [2.75, 3.05) is 0 Å². The molecule has 0 amide bonds. The first-order valence-corrected chi connectivity index (χ1v) is 11.8. The summed E-state index contributed by atoms with van der Waals surface area (Å²) in [5, 5.41) is 10.8. The van der Waals surface area contributed by atoms with Crippen molar-refractivity contribution < 1.29 is 9.90 Å². The van der Waals surface area contributed by atoms with E-state index >= 15 is 0 Å². The molecule has 1 N–H and O–H groups in total. The number of carbonyl (C=O) groups is 1. The topological polar surface area (TPSA) is 37.3 Å². The van der Waals surface area contributed by atoms with E-state index < -0.39 is 5.97 Å². The van der Waals surface area contributed by atoms with E-state index in [-0.39, 0.29) is 0 Å². The molecule has 0 bridgehead atoms. The summed E-state index contributed by atoms with van der Waals surface area (Å²) in [5.74, 6) is -0.711. The number of aryl methyl sites for hydroxylation is 1. The second kappa shape index (κ2) is 14.8. The van der Waals surface area contributed by atoms with E-state index in [2.05, 4.69) is 43.3 Å². The molecule has 2 rings (SSSR count). The third-order valence-corrected chi connectivity index (χ3v) is 6.67. The Morgan fingerprint density at radius 2 is 1.54 bits per heavy atom. The fourth-order valence-electron chi connectivity index (χ4n) is 3.23. The Bertz CT molecular complexity index is 652. The molecule has 0 saturated heterocycles. The van der Waals surface area contributed by atoms with Crippen molar-refractivity contribution in [3.05, 3.63) is 42.0 Å². The summed E-state index contributed by atoms with van der Waals surface area (Å²) >= 11 is 0.768. The van der Waals surface area contributed by atoms with Gasteiger partial charge in [-0.05, 0) is 6.42 Å². The Kier molecular flexibility index (Phi) is 13.6. The molecule has 0 radical (unpaired) electrons. The number of unbranched alkanes of at least 4 members (excludes halogenated alkanes) is 6. The molecule has 3 heteroatoms. The van der Waals surface area contributed by atoms with Crippen molar-refractivity contribution in [1.29, 1.82) is 0 Å². The van der Waals surface area contributed by atoms with Crippen LogP contribution < -0.4 is -0.342 Å². The van der Waals surface area contributed by atoms with Gasteiger partial charge in [0, 0.05) is 6.42 Å². The zero-order chi connectivity index (χ0) is 19.2. The molecule has 2 nitrogen and oxygen atoms in total. The molecule has 2 aromatic rings. The maximum atomic E-state index is 9.60. The predicted molar refractivity (Wildman–Crippen MR) is 114 cm³/mol. The van der Waals surface area contributed by atoms with Crippen LogP contribution >= 0.6 is 0 Å². The normalized spacial score (nSPS) is 10.5. The van der Waals surface area contributed by atoms with Crippen molar-refractivity contribution >= 4 is 65.4 Å². The fourth-order valence-corrected chi connectivity index (χ4v) is 4.59. The molecule has 0 heterocycles. The SMILES string of the molecule is CCCC(=O)O.CCCCCCCCCc1ccc2ccccc2[c]1[K]. The van der Waals surface area contributed by atoms with Gasteiger partial charge in [-0.25, -0.2) is 0 Å². The van der Waals surface area contributed by atoms with Gasteiger partial charge in [-0.3, -0.25) is 4.79 Å².